The fourth-order valence-electron chi connectivity index (χ4n) is 6.34. The second-order valence-corrected chi connectivity index (χ2v) is 22.1. The van der Waals surface area contributed by atoms with Crippen LogP contribution >= 0.6 is 15.9 Å². The molecule has 1 aliphatic heterocycles. The zero-order chi connectivity index (χ0) is 29.2. The molecule has 220 valence electrons. The van der Waals surface area contributed by atoms with Crippen LogP contribution in [0.1, 0.15) is 67.4 Å². The van der Waals surface area contributed by atoms with E-state index < -0.39 is 51.7 Å². The van der Waals surface area contributed by atoms with Crippen molar-refractivity contribution in [2.24, 2.45) is 5.92 Å². The van der Waals surface area contributed by atoms with Crippen molar-refractivity contribution in [3.8, 4) is 6.07 Å². The number of hydroxylamine groups is 1. The van der Waals surface area contributed by atoms with Gasteiger partial charge < -0.3 is 23.2 Å². The highest BCUT2D eigenvalue weighted by Crippen LogP contribution is 2.53. The summed E-state index contributed by atoms with van der Waals surface area (Å²) in [7, 11) is -6.04. The monoisotopic (exact) mass is 642 g/mol. The third-order valence-electron chi connectivity index (χ3n) is 8.52. The number of alkyl halides is 1. The first-order valence-corrected chi connectivity index (χ1v) is 19.0. The highest BCUT2D eigenvalue weighted by atomic mass is 79.9. The predicted octanol–water partition coefficient (Wildman–Crippen LogP) is 5.43. The number of nitriles is 1. The van der Waals surface area contributed by atoms with Gasteiger partial charge in [0.25, 0.3) is 0 Å². The summed E-state index contributed by atoms with van der Waals surface area (Å²) >= 11 is 3.65. The number of aliphatic hydroxyl groups is 2. The van der Waals surface area contributed by atoms with Crippen molar-refractivity contribution in [2.45, 2.75) is 119 Å². The molecule has 0 bridgehead atoms. The summed E-state index contributed by atoms with van der Waals surface area (Å²) < 4.78 is 21.6. The Hall–Kier alpha value is -0.656. The number of aliphatic hydroxyl groups excluding tert-OH is 2. The number of rotatable bonds is 10. The number of fused-ring (bicyclic) bond motifs is 1. The van der Waals surface area contributed by atoms with Crippen LogP contribution in [-0.2, 0) is 24.4 Å². The fraction of sp³-hybridized carbons (Fsp3) is 0.750. The van der Waals surface area contributed by atoms with Gasteiger partial charge in [0.2, 0.25) is 0 Å². The molecule has 11 heteroatoms. The van der Waals surface area contributed by atoms with Gasteiger partial charge in [-0.15, -0.1) is 0 Å². The van der Waals surface area contributed by atoms with Crippen LogP contribution in [-0.4, -0.2) is 62.6 Å². The first-order valence-electron chi connectivity index (χ1n) is 14.1. The van der Waals surface area contributed by atoms with Gasteiger partial charge in [-0.05, 0) is 34.1 Å². The molecular formula is C28H47BrN2O6Si2. The molecule has 2 aliphatic rings. The number of nitrogens with zero attached hydrogens (tertiary/aromatic N) is 1. The molecule has 6 atom stereocenters. The minimum atomic E-state index is -3.05. The minimum Gasteiger partial charge on any atom is -0.414 e. The van der Waals surface area contributed by atoms with Crippen molar-refractivity contribution in [1.82, 2.24) is 5.48 Å². The van der Waals surface area contributed by atoms with E-state index in [4.69, 9.17) is 17.8 Å². The van der Waals surface area contributed by atoms with Gasteiger partial charge in [0.05, 0.1) is 41.2 Å². The second kappa shape index (κ2) is 13.1. The molecule has 3 rings (SSSR count). The number of hydrogen-bond donors (Lipinski definition) is 3. The lowest BCUT2D eigenvalue weighted by molar-refractivity contribution is -0.170. The number of halogens is 1. The molecule has 39 heavy (non-hydrogen) atoms. The summed E-state index contributed by atoms with van der Waals surface area (Å²) in [5.41, 5.74) is 3.32. The fourth-order valence-corrected chi connectivity index (χ4v) is 18.6. The van der Waals surface area contributed by atoms with E-state index in [2.05, 4.69) is 82.9 Å². The Morgan fingerprint density at radius 2 is 1.54 bits per heavy atom. The van der Waals surface area contributed by atoms with Gasteiger partial charge in [-0.25, -0.2) is 0 Å². The van der Waals surface area contributed by atoms with Gasteiger partial charge in [0.1, 0.15) is 6.10 Å². The van der Waals surface area contributed by atoms with E-state index >= 15 is 0 Å². The topological polar surface area (TPSA) is 113 Å². The van der Waals surface area contributed by atoms with Gasteiger partial charge in [-0.1, -0.05) is 102 Å². The molecule has 1 saturated carbocycles. The lowest BCUT2D eigenvalue weighted by atomic mass is 9.67. The molecule has 1 saturated heterocycles. The molecule has 8 nitrogen and oxygen atoms in total. The molecule has 1 aromatic carbocycles. The Kier molecular flexibility index (Phi) is 11.0. The van der Waals surface area contributed by atoms with E-state index in [1.165, 1.54) is 0 Å². The zero-order valence-electron chi connectivity index (χ0n) is 24.6. The number of nitrogens with one attached hydrogen (secondary N) is 1. The van der Waals surface area contributed by atoms with Crippen molar-refractivity contribution in [2.75, 3.05) is 6.61 Å². The third kappa shape index (κ3) is 5.98. The van der Waals surface area contributed by atoms with E-state index in [1.807, 2.05) is 30.3 Å². The molecule has 0 amide bonds. The maximum atomic E-state index is 11.7. The van der Waals surface area contributed by atoms with Crippen molar-refractivity contribution in [3.63, 3.8) is 0 Å². The van der Waals surface area contributed by atoms with Crippen LogP contribution < -0.4 is 5.48 Å². The van der Waals surface area contributed by atoms with Gasteiger partial charge in [-0.3, -0.25) is 4.84 Å². The largest absolute Gasteiger partial charge is 0.414 e. The molecule has 0 spiro atoms. The van der Waals surface area contributed by atoms with E-state index in [0.29, 0.717) is 0 Å². The summed E-state index contributed by atoms with van der Waals surface area (Å²) in [6, 6.07) is 12.1. The normalized spacial score (nSPS) is 32.3. The average Bonchev–Trinajstić information content (AvgIpc) is 3.06. The maximum Gasteiger partial charge on any atom is 0.335 e. The molecule has 0 radical (unpaired) electrons. The second-order valence-electron chi connectivity index (χ2n) is 12.2. The summed E-state index contributed by atoms with van der Waals surface area (Å²) in [5, 5.41) is 32.5. The standard InChI is InChI=1S/C28H47BrN2O6Si2/c1-18(2)38(19(3)4)35-26-25(33)24(29)23(16-30)28(14-15-32,31-34-17-22-12-10-9-11-13-22)27(26)36-39(37-38,20(5)6)21(7)8/h9-13,18-21,23-27,31-33H,14-15,17H2,1-8H3/t23-,24+,25+,26+,27-,28-/m1/s1. The smallest absolute Gasteiger partial charge is 0.335 e. The highest BCUT2D eigenvalue weighted by Gasteiger charge is 2.69. The van der Waals surface area contributed by atoms with Crippen LogP contribution in [0.3, 0.4) is 0 Å². The van der Waals surface area contributed by atoms with Crippen molar-refractivity contribution >= 4 is 33.1 Å². The maximum absolute atomic E-state index is 11.7. The molecule has 0 unspecified atom stereocenters. The van der Waals surface area contributed by atoms with Crippen LogP contribution in [0.4, 0.5) is 0 Å². The number of hydrogen-bond acceptors (Lipinski definition) is 8. The molecule has 0 aromatic heterocycles. The van der Waals surface area contributed by atoms with Crippen LogP contribution in [0.25, 0.3) is 0 Å². The minimum absolute atomic E-state index is 0.0701. The van der Waals surface area contributed by atoms with E-state index in [0.717, 1.165) is 5.56 Å². The number of benzene rings is 1. The van der Waals surface area contributed by atoms with E-state index in [9.17, 15) is 15.5 Å². The average molecular weight is 644 g/mol. The Morgan fingerprint density at radius 1 is 1.00 bits per heavy atom. The lowest BCUT2D eigenvalue weighted by Gasteiger charge is -2.54. The van der Waals surface area contributed by atoms with E-state index in [-0.39, 0.29) is 41.8 Å². The van der Waals surface area contributed by atoms with Crippen LogP contribution in [0.2, 0.25) is 22.2 Å². The molecular weight excluding hydrogens is 596 g/mol. The van der Waals surface area contributed by atoms with Gasteiger partial charge in [0, 0.05) is 6.61 Å². The summed E-state index contributed by atoms with van der Waals surface area (Å²) in [6.45, 7) is 17.1. The van der Waals surface area contributed by atoms with Crippen molar-refractivity contribution in [1.29, 1.82) is 5.26 Å². The Morgan fingerprint density at radius 3 is 2.03 bits per heavy atom. The third-order valence-corrected chi connectivity index (χ3v) is 19.8. The Bertz CT molecular complexity index is 963. The van der Waals surface area contributed by atoms with Crippen LogP contribution in [0, 0.1) is 17.2 Å². The van der Waals surface area contributed by atoms with E-state index in [1.54, 1.807) is 0 Å². The summed E-state index contributed by atoms with van der Waals surface area (Å²) in [6.07, 6.45) is -2.45. The van der Waals surface area contributed by atoms with Crippen molar-refractivity contribution in [3.05, 3.63) is 35.9 Å². The van der Waals surface area contributed by atoms with Crippen LogP contribution in [0.5, 0.6) is 0 Å². The van der Waals surface area contributed by atoms with Gasteiger partial charge >= 0.3 is 17.1 Å². The molecule has 3 N–H and O–H groups in total. The van der Waals surface area contributed by atoms with Crippen molar-refractivity contribution < 1.29 is 28.0 Å². The molecule has 1 aliphatic carbocycles. The Labute approximate surface area is 245 Å². The predicted molar refractivity (Wildman–Crippen MR) is 159 cm³/mol. The SMILES string of the molecule is CC(C)[Si]1(C(C)C)O[C@H]2[C@@H](O)[C@@H](Br)[C@@H](C#N)[C@@](CCO)(NOCc3ccccc3)[C@@H]2O[Si](C(C)C)(C(C)C)O1. The van der Waals surface area contributed by atoms with Crippen LogP contribution in [0.15, 0.2) is 30.3 Å². The molecule has 2 fully saturated rings. The van der Waals surface area contributed by atoms with Gasteiger partial charge in [-0.2, -0.15) is 10.7 Å². The molecule has 1 aromatic rings. The quantitative estimate of drug-likeness (QED) is 0.176. The summed E-state index contributed by atoms with van der Waals surface area (Å²) in [5.74, 6) is -0.793. The highest BCUT2D eigenvalue weighted by molar-refractivity contribution is 9.09. The van der Waals surface area contributed by atoms with Gasteiger partial charge in [0.15, 0.2) is 0 Å². The lowest BCUT2D eigenvalue weighted by Crippen LogP contribution is -2.74. The first-order chi connectivity index (χ1) is 18.3. The summed E-state index contributed by atoms with van der Waals surface area (Å²) in [4.78, 5) is 5.44. The molecule has 1 heterocycles. The zero-order valence-corrected chi connectivity index (χ0v) is 28.1. The Balaban J connectivity index is 2.22. The first kappa shape index (κ1) is 32.9.